The fraction of sp³-hybridized carbons (Fsp3) is 0.250. The van der Waals surface area contributed by atoms with Crippen molar-refractivity contribution in [1.82, 2.24) is 19.8 Å². The predicted molar refractivity (Wildman–Crippen MR) is 159 cm³/mol. The lowest BCUT2D eigenvalue weighted by Gasteiger charge is -2.32. The van der Waals surface area contributed by atoms with E-state index < -0.39 is 11.9 Å². The number of aromatic nitrogens is 2. The molecule has 3 aromatic carbocycles. The molecule has 1 atom stereocenters. The molecule has 0 radical (unpaired) electrons. The van der Waals surface area contributed by atoms with E-state index in [-0.39, 0.29) is 11.8 Å². The van der Waals surface area contributed by atoms with E-state index in [0.29, 0.717) is 40.2 Å². The first-order chi connectivity index (χ1) is 20.4. The summed E-state index contributed by atoms with van der Waals surface area (Å²) in [5.41, 5.74) is 5.81. The van der Waals surface area contributed by atoms with Crippen LogP contribution >= 0.6 is 0 Å². The van der Waals surface area contributed by atoms with Gasteiger partial charge in [0.1, 0.15) is 5.92 Å². The number of benzene rings is 3. The number of piperazine rings is 1. The second-order valence-corrected chi connectivity index (χ2v) is 10.5. The molecule has 1 saturated heterocycles. The first kappa shape index (κ1) is 27.2. The minimum atomic E-state index is -0.723. The summed E-state index contributed by atoms with van der Waals surface area (Å²) in [6.45, 7) is 3.24. The first-order valence-corrected chi connectivity index (χ1v) is 13.8. The summed E-state index contributed by atoms with van der Waals surface area (Å²) >= 11 is 0. The van der Waals surface area contributed by atoms with E-state index in [2.05, 4.69) is 27.2 Å². The Morgan fingerprint density at radius 3 is 2.38 bits per heavy atom. The van der Waals surface area contributed by atoms with Crippen LogP contribution in [-0.4, -0.2) is 83.6 Å². The van der Waals surface area contributed by atoms with E-state index in [1.165, 1.54) is 7.11 Å². The van der Waals surface area contributed by atoms with Crippen molar-refractivity contribution in [3.8, 4) is 0 Å². The zero-order chi connectivity index (χ0) is 29.2. The van der Waals surface area contributed by atoms with Crippen molar-refractivity contribution in [2.75, 3.05) is 45.7 Å². The summed E-state index contributed by atoms with van der Waals surface area (Å²) < 4.78 is 4.84. The van der Waals surface area contributed by atoms with Crippen molar-refractivity contribution < 1.29 is 19.1 Å². The number of amides is 2. The highest BCUT2D eigenvalue weighted by Gasteiger charge is 2.36. The van der Waals surface area contributed by atoms with Crippen LogP contribution in [0.5, 0.6) is 0 Å². The molecule has 2 aliphatic rings. The highest BCUT2D eigenvalue weighted by atomic mass is 16.5. The molecule has 0 spiro atoms. The number of anilines is 1. The third-order valence-electron chi connectivity index (χ3n) is 7.74. The second-order valence-electron chi connectivity index (χ2n) is 10.5. The molecular weight excluding hydrogens is 532 g/mol. The molecule has 212 valence electrons. The third kappa shape index (κ3) is 5.48. The number of hydrogen-bond acceptors (Lipinski definition) is 8. The number of rotatable bonds is 6. The maximum atomic E-state index is 13.4. The Morgan fingerprint density at radius 1 is 0.929 bits per heavy atom. The van der Waals surface area contributed by atoms with Crippen LogP contribution in [0.15, 0.2) is 78.0 Å². The molecule has 3 heterocycles. The van der Waals surface area contributed by atoms with Crippen LogP contribution in [0, 0.1) is 0 Å². The molecule has 0 aliphatic carbocycles. The third-order valence-corrected chi connectivity index (χ3v) is 7.74. The van der Waals surface area contributed by atoms with E-state index in [1.807, 2.05) is 47.4 Å². The van der Waals surface area contributed by atoms with Crippen molar-refractivity contribution in [1.29, 1.82) is 0 Å². The standard InChI is InChI=1S/C32H30N6O4/c1-37-13-15-38(16-14-37)28(39)17-20-3-7-23(8-4-20)35-30(21-6-10-25-27(18-21)34-12-11-33-25)29-24-9-5-22(32(41)42-2)19-26(24)36-31(29)40/h3-12,18-19,29H,13-17H2,1-2H3,(H,36,40). The Bertz CT molecular complexity index is 1710. The van der Waals surface area contributed by atoms with Crippen LogP contribution in [0.3, 0.4) is 0 Å². The zero-order valence-electron chi connectivity index (χ0n) is 23.4. The van der Waals surface area contributed by atoms with Gasteiger partial charge in [-0.25, -0.2) is 4.79 Å². The lowest BCUT2D eigenvalue weighted by molar-refractivity contribution is -0.132. The Morgan fingerprint density at radius 2 is 1.64 bits per heavy atom. The van der Waals surface area contributed by atoms with Gasteiger partial charge in [0.15, 0.2) is 0 Å². The largest absolute Gasteiger partial charge is 0.465 e. The molecule has 1 fully saturated rings. The van der Waals surface area contributed by atoms with E-state index in [4.69, 9.17) is 9.73 Å². The van der Waals surface area contributed by atoms with E-state index >= 15 is 0 Å². The van der Waals surface area contributed by atoms with Gasteiger partial charge in [-0.05, 0) is 60.1 Å². The van der Waals surface area contributed by atoms with Crippen molar-refractivity contribution in [2.24, 2.45) is 4.99 Å². The molecule has 0 bridgehead atoms. The molecule has 6 rings (SSSR count). The zero-order valence-corrected chi connectivity index (χ0v) is 23.4. The lowest BCUT2D eigenvalue weighted by atomic mass is 9.90. The number of nitrogens with zero attached hydrogens (tertiary/aromatic N) is 5. The highest BCUT2D eigenvalue weighted by molar-refractivity contribution is 6.24. The van der Waals surface area contributed by atoms with Gasteiger partial charge in [-0.15, -0.1) is 0 Å². The highest BCUT2D eigenvalue weighted by Crippen LogP contribution is 2.37. The minimum Gasteiger partial charge on any atom is -0.465 e. The van der Waals surface area contributed by atoms with Gasteiger partial charge in [0, 0.05) is 44.3 Å². The quantitative estimate of drug-likeness (QED) is 0.282. The molecule has 10 nitrogen and oxygen atoms in total. The van der Waals surface area contributed by atoms with Gasteiger partial charge in [0.25, 0.3) is 0 Å². The molecule has 1 N–H and O–H groups in total. The first-order valence-electron chi connectivity index (χ1n) is 13.8. The van der Waals surface area contributed by atoms with Crippen molar-refractivity contribution in [3.63, 3.8) is 0 Å². The summed E-state index contributed by atoms with van der Waals surface area (Å²) in [7, 11) is 3.38. The second kappa shape index (κ2) is 11.5. The smallest absolute Gasteiger partial charge is 0.337 e. The van der Waals surface area contributed by atoms with Crippen LogP contribution in [0.2, 0.25) is 0 Å². The molecular formula is C32H30N6O4. The van der Waals surface area contributed by atoms with Crippen LogP contribution in [0.1, 0.15) is 33.0 Å². The van der Waals surface area contributed by atoms with E-state index in [9.17, 15) is 14.4 Å². The fourth-order valence-corrected chi connectivity index (χ4v) is 5.37. The summed E-state index contributed by atoms with van der Waals surface area (Å²) in [5, 5.41) is 2.90. The minimum absolute atomic E-state index is 0.114. The van der Waals surface area contributed by atoms with Gasteiger partial charge >= 0.3 is 5.97 Å². The number of aliphatic imine (C=N–C) groups is 1. The summed E-state index contributed by atoms with van der Waals surface area (Å²) in [6.07, 6.45) is 3.58. The van der Waals surface area contributed by atoms with Gasteiger partial charge in [-0.2, -0.15) is 0 Å². The van der Waals surface area contributed by atoms with Gasteiger partial charge in [-0.3, -0.25) is 24.5 Å². The Balaban J connectivity index is 1.34. The number of methoxy groups -OCH3 is 1. The molecule has 0 saturated carbocycles. The molecule has 2 aliphatic heterocycles. The van der Waals surface area contributed by atoms with Gasteiger partial charge in [-0.1, -0.05) is 24.3 Å². The molecule has 4 aromatic rings. The average molecular weight is 563 g/mol. The predicted octanol–water partition coefficient (Wildman–Crippen LogP) is 3.59. The fourth-order valence-electron chi connectivity index (χ4n) is 5.37. The van der Waals surface area contributed by atoms with Gasteiger partial charge in [0.05, 0.1) is 41.5 Å². The number of carbonyl (C=O) groups is 3. The Hall–Kier alpha value is -4.96. The number of carbonyl (C=O) groups excluding carboxylic acids is 3. The van der Waals surface area contributed by atoms with Crippen molar-refractivity contribution in [3.05, 3.63) is 95.3 Å². The Labute approximate surface area is 243 Å². The molecule has 2 amide bonds. The lowest BCUT2D eigenvalue weighted by Crippen LogP contribution is -2.47. The number of esters is 1. The van der Waals surface area contributed by atoms with Gasteiger partial charge in [0.2, 0.25) is 11.8 Å². The van der Waals surface area contributed by atoms with Crippen molar-refractivity contribution in [2.45, 2.75) is 12.3 Å². The summed E-state index contributed by atoms with van der Waals surface area (Å²) in [4.78, 5) is 56.3. The van der Waals surface area contributed by atoms with Crippen molar-refractivity contribution >= 4 is 45.9 Å². The Kier molecular flexibility index (Phi) is 7.45. The van der Waals surface area contributed by atoms with Crippen LogP contribution in [-0.2, 0) is 20.7 Å². The van der Waals surface area contributed by atoms with Gasteiger partial charge < -0.3 is 19.9 Å². The SMILES string of the molecule is COC(=O)c1ccc2c(c1)NC(=O)C2C(=Nc1ccc(CC(=O)N2CCN(C)CC2)cc1)c1ccc2nccnc2c1. The number of ether oxygens (including phenoxy) is 1. The van der Waals surface area contributed by atoms with E-state index in [0.717, 1.165) is 42.8 Å². The molecule has 42 heavy (non-hydrogen) atoms. The number of nitrogens with one attached hydrogen (secondary N) is 1. The average Bonchev–Trinajstić information content (AvgIpc) is 3.34. The number of hydrogen-bond donors (Lipinski definition) is 1. The monoisotopic (exact) mass is 562 g/mol. The van der Waals surface area contributed by atoms with Crippen LogP contribution in [0.25, 0.3) is 11.0 Å². The van der Waals surface area contributed by atoms with Crippen LogP contribution < -0.4 is 5.32 Å². The summed E-state index contributed by atoms with van der Waals surface area (Å²) in [5.74, 6) is -1.34. The summed E-state index contributed by atoms with van der Waals surface area (Å²) in [6, 6.07) is 18.2. The molecule has 1 unspecified atom stereocenters. The number of likely N-dealkylation sites (N-methyl/N-ethyl adjacent to an activating group) is 1. The molecule has 10 heteroatoms. The normalized spacial score (nSPS) is 17.2. The van der Waals surface area contributed by atoms with E-state index in [1.54, 1.807) is 30.6 Å². The number of fused-ring (bicyclic) bond motifs is 2. The maximum Gasteiger partial charge on any atom is 0.337 e. The molecule has 1 aromatic heterocycles. The maximum absolute atomic E-state index is 13.4. The topological polar surface area (TPSA) is 117 Å². The van der Waals surface area contributed by atoms with Crippen LogP contribution in [0.4, 0.5) is 11.4 Å².